The topological polar surface area (TPSA) is 39.8 Å². The standard InChI is InChI=1S/C15H14ClN3O/c1-10-15(16)14(18(2)17-10)8-19-7-6-12-11(9-20)4-3-5-13(12)19/h3-7,9H,8H2,1-2H3. The van der Waals surface area contributed by atoms with Gasteiger partial charge in [0.1, 0.15) is 0 Å². The molecule has 5 heteroatoms. The van der Waals surface area contributed by atoms with Crippen LogP contribution in [0.5, 0.6) is 0 Å². The zero-order valence-corrected chi connectivity index (χ0v) is 12.1. The van der Waals surface area contributed by atoms with Crippen LogP contribution in [0.1, 0.15) is 21.7 Å². The lowest BCUT2D eigenvalue weighted by atomic mass is 10.1. The summed E-state index contributed by atoms with van der Waals surface area (Å²) in [4.78, 5) is 11.1. The number of hydrogen-bond acceptors (Lipinski definition) is 2. The van der Waals surface area contributed by atoms with Crippen LogP contribution in [0, 0.1) is 6.92 Å². The minimum atomic E-state index is 0.627. The third-order valence-electron chi connectivity index (χ3n) is 3.56. The van der Waals surface area contributed by atoms with Gasteiger partial charge in [0.15, 0.2) is 6.29 Å². The van der Waals surface area contributed by atoms with Crippen molar-refractivity contribution in [2.24, 2.45) is 7.05 Å². The normalized spacial score (nSPS) is 11.2. The molecule has 0 N–H and O–H groups in total. The quantitative estimate of drug-likeness (QED) is 0.694. The van der Waals surface area contributed by atoms with E-state index in [0.29, 0.717) is 17.1 Å². The second-order valence-corrected chi connectivity index (χ2v) is 5.19. The number of aryl methyl sites for hydroxylation is 2. The first kappa shape index (κ1) is 12.9. The van der Waals surface area contributed by atoms with Crippen molar-refractivity contribution >= 4 is 28.8 Å². The number of hydrogen-bond donors (Lipinski definition) is 0. The number of nitrogens with zero attached hydrogens (tertiary/aromatic N) is 3. The van der Waals surface area contributed by atoms with Gasteiger partial charge < -0.3 is 4.57 Å². The first-order chi connectivity index (χ1) is 9.61. The Labute approximate surface area is 121 Å². The van der Waals surface area contributed by atoms with Gasteiger partial charge in [-0.3, -0.25) is 9.48 Å². The van der Waals surface area contributed by atoms with E-state index in [1.807, 2.05) is 44.4 Å². The van der Waals surface area contributed by atoms with E-state index in [4.69, 9.17) is 11.6 Å². The molecule has 0 aliphatic heterocycles. The number of carbonyl (C=O) groups excluding carboxylic acids is 1. The van der Waals surface area contributed by atoms with Crippen molar-refractivity contribution in [3.63, 3.8) is 0 Å². The van der Waals surface area contributed by atoms with Gasteiger partial charge in [0.25, 0.3) is 0 Å². The van der Waals surface area contributed by atoms with Crippen LogP contribution in [-0.4, -0.2) is 20.6 Å². The molecular formula is C15H14ClN3O. The van der Waals surface area contributed by atoms with E-state index in [2.05, 4.69) is 9.67 Å². The smallest absolute Gasteiger partial charge is 0.150 e. The monoisotopic (exact) mass is 287 g/mol. The van der Waals surface area contributed by atoms with E-state index < -0.39 is 0 Å². The van der Waals surface area contributed by atoms with Crippen LogP contribution in [-0.2, 0) is 13.6 Å². The molecule has 0 saturated carbocycles. The number of rotatable bonds is 3. The number of aldehydes is 1. The predicted octanol–water partition coefficient (Wildman–Crippen LogP) is 3.20. The minimum Gasteiger partial charge on any atom is -0.341 e. The van der Waals surface area contributed by atoms with Crippen LogP contribution >= 0.6 is 11.6 Å². The molecule has 0 unspecified atom stereocenters. The second-order valence-electron chi connectivity index (χ2n) is 4.81. The molecule has 0 radical (unpaired) electrons. The third-order valence-corrected chi connectivity index (χ3v) is 4.05. The molecule has 1 aromatic carbocycles. The van der Waals surface area contributed by atoms with Crippen LogP contribution in [0.25, 0.3) is 10.9 Å². The highest BCUT2D eigenvalue weighted by Gasteiger charge is 2.13. The van der Waals surface area contributed by atoms with E-state index in [-0.39, 0.29) is 0 Å². The van der Waals surface area contributed by atoms with Crippen LogP contribution in [0.4, 0.5) is 0 Å². The lowest BCUT2D eigenvalue weighted by Crippen LogP contribution is -2.05. The summed E-state index contributed by atoms with van der Waals surface area (Å²) in [5.74, 6) is 0. The Morgan fingerprint density at radius 2 is 2.15 bits per heavy atom. The predicted molar refractivity (Wildman–Crippen MR) is 79.4 cm³/mol. The molecule has 0 atom stereocenters. The van der Waals surface area contributed by atoms with Crippen LogP contribution in [0.3, 0.4) is 0 Å². The lowest BCUT2D eigenvalue weighted by Gasteiger charge is -2.07. The maximum absolute atomic E-state index is 11.1. The molecule has 4 nitrogen and oxygen atoms in total. The Morgan fingerprint density at radius 1 is 1.35 bits per heavy atom. The van der Waals surface area contributed by atoms with Crippen molar-refractivity contribution in [2.45, 2.75) is 13.5 Å². The fourth-order valence-corrected chi connectivity index (χ4v) is 2.72. The summed E-state index contributed by atoms with van der Waals surface area (Å²) in [6.45, 7) is 2.52. The number of fused-ring (bicyclic) bond motifs is 1. The van der Waals surface area contributed by atoms with Crippen LogP contribution < -0.4 is 0 Å². The zero-order chi connectivity index (χ0) is 14.3. The van der Waals surface area contributed by atoms with E-state index >= 15 is 0 Å². The largest absolute Gasteiger partial charge is 0.341 e. The SMILES string of the molecule is Cc1nn(C)c(Cn2ccc3c(C=O)cccc32)c1Cl. The molecule has 0 aliphatic rings. The summed E-state index contributed by atoms with van der Waals surface area (Å²) in [7, 11) is 1.89. The Kier molecular flexibility index (Phi) is 3.10. The van der Waals surface area contributed by atoms with Gasteiger partial charge >= 0.3 is 0 Å². The summed E-state index contributed by atoms with van der Waals surface area (Å²) >= 11 is 6.29. The Balaban J connectivity index is 2.10. The van der Waals surface area contributed by atoms with E-state index in [9.17, 15) is 4.79 Å². The summed E-state index contributed by atoms with van der Waals surface area (Å²) < 4.78 is 3.87. The van der Waals surface area contributed by atoms with Gasteiger partial charge in [0, 0.05) is 29.7 Å². The lowest BCUT2D eigenvalue weighted by molar-refractivity contribution is 0.112. The summed E-state index contributed by atoms with van der Waals surface area (Å²) in [6, 6.07) is 7.66. The first-order valence-electron chi connectivity index (χ1n) is 6.33. The molecule has 0 amide bonds. The van der Waals surface area contributed by atoms with Gasteiger partial charge in [0.05, 0.1) is 23.0 Å². The zero-order valence-electron chi connectivity index (χ0n) is 11.3. The van der Waals surface area contributed by atoms with Crippen molar-refractivity contribution in [3.05, 3.63) is 52.4 Å². The molecule has 2 heterocycles. The Morgan fingerprint density at radius 3 is 2.80 bits per heavy atom. The van der Waals surface area contributed by atoms with Gasteiger partial charge in [-0.15, -0.1) is 0 Å². The highest BCUT2D eigenvalue weighted by Crippen LogP contribution is 2.24. The third kappa shape index (κ3) is 1.93. The van der Waals surface area contributed by atoms with Crippen LogP contribution in [0.15, 0.2) is 30.5 Å². The molecule has 0 bridgehead atoms. The molecule has 0 fully saturated rings. The molecular weight excluding hydrogens is 274 g/mol. The van der Waals surface area contributed by atoms with Crippen molar-refractivity contribution in [1.82, 2.24) is 14.3 Å². The van der Waals surface area contributed by atoms with Crippen molar-refractivity contribution in [1.29, 1.82) is 0 Å². The van der Waals surface area contributed by atoms with Crippen LogP contribution in [0.2, 0.25) is 5.02 Å². The molecule has 0 spiro atoms. The summed E-state index contributed by atoms with van der Waals surface area (Å²) in [5, 5.41) is 5.97. The molecule has 0 aliphatic carbocycles. The van der Waals surface area contributed by atoms with Gasteiger partial charge in [-0.1, -0.05) is 23.7 Å². The maximum atomic E-state index is 11.1. The van der Waals surface area contributed by atoms with E-state index in [0.717, 1.165) is 28.6 Å². The number of halogens is 1. The van der Waals surface area contributed by atoms with Crippen molar-refractivity contribution in [3.8, 4) is 0 Å². The first-order valence-corrected chi connectivity index (χ1v) is 6.70. The molecule has 102 valence electrons. The Hall–Kier alpha value is -2.07. The molecule has 3 rings (SSSR count). The molecule has 3 aromatic rings. The fourth-order valence-electron chi connectivity index (χ4n) is 2.50. The van der Waals surface area contributed by atoms with E-state index in [1.54, 1.807) is 4.68 Å². The van der Waals surface area contributed by atoms with Crippen molar-refractivity contribution in [2.75, 3.05) is 0 Å². The molecule has 2 aromatic heterocycles. The van der Waals surface area contributed by atoms with Gasteiger partial charge in [-0.25, -0.2) is 0 Å². The second kappa shape index (κ2) is 4.80. The minimum absolute atomic E-state index is 0.627. The maximum Gasteiger partial charge on any atom is 0.150 e. The Bertz CT molecular complexity index is 801. The average Bonchev–Trinajstić information content (AvgIpc) is 2.96. The summed E-state index contributed by atoms with van der Waals surface area (Å²) in [6.07, 6.45) is 2.85. The highest BCUT2D eigenvalue weighted by molar-refractivity contribution is 6.31. The molecule has 0 saturated heterocycles. The van der Waals surface area contributed by atoms with Crippen molar-refractivity contribution < 1.29 is 4.79 Å². The number of benzene rings is 1. The van der Waals surface area contributed by atoms with Gasteiger partial charge in [-0.2, -0.15) is 5.10 Å². The number of aromatic nitrogens is 3. The summed E-state index contributed by atoms with van der Waals surface area (Å²) in [5.41, 5.74) is 3.51. The fraction of sp³-hybridized carbons (Fsp3) is 0.200. The molecule has 20 heavy (non-hydrogen) atoms. The van der Waals surface area contributed by atoms with E-state index in [1.165, 1.54) is 0 Å². The average molecular weight is 288 g/mol. The number of carbonyl (C=O) groups is 1. The van der Waals surface area contributed by atoms with Gasteiger partial charge in [0.2, 0.25) is 0 Å². The highest BCUT2D eigenvalue weighted by atomic mass is 35.5. The van der Waals surface area contributed by atoms with Gasteiger partial charge in [-0.05, 0) is 19.1 Å².